The maximum Gasteiger partial charge on any atom is 0.414 e. The van der Waals surface area contributed by atoms with E-state index in [0.717, 1.165) is 19.4 Å². The zero-order valence-corrected chi connectivity index (χ0v) is 19.6. The summed E-state index contributed by atoms with van der Waals surface area (Å²) in [5.41, 5.74) is 10.0. The molecule has 0 aromatic carbocycles. The third-order valence-corrected chi connectivity index (χ3v) is 5.63. The highest BCUT2D eigenvalue weighted by Gasteiger charge is 2.37. The molecule has 1 aliphatic rings. The van der Waals surface area contributed by atoms with Gasteiger partial charge in [0.25, 0.3) is 0 Å². The average molecular weight is 524 g/mol. The monoisotopic (exact) mass is 524 g/mol. The number of pyridine rings is 1. The minimum Gasteiger partial charge on any atom is -0.452 e. The van der Waals surface area contributed by atoms with Crippen molar-refractivity contribution in [3.8, 4) is 11.5 Å². The highest BCUT2D eigenvalue weighted by Crippen LogP contribution is 2.36. The Labute approximate surface area is 206 Å². The van der Waals surface area contributed by atoms with Crippen LogP contribution in [0.3, 0.4) is 0 Å². The van der Waals surface area contributed by atoms with E-state index >= 15 is 4.39 Å². The van der Waals surface area contributed by atoms with Crippen LogP contribution in [0, 0.1) is 5.82 Å². The summed E-state index contributed by atoms with van der Waals surface area (Å²) < 4.78 is 74.2. The fourth-order valence-corrected chi connectivity index (χ4v) is 3.86. The first-order chi connectivity index (χ1) is 17.3. The van der Waals surface area contributed by atoms with Gasteiger partial charge in [0, 0.05) is 6.42 Å². The van der Waals surface area contributed by atoms with Crippen molar-refractivity contribution >= 4 is 34.4 Å². The predicted octanol–water partition coefficient (Wildman–Crippen LogP) is 3.94. The van der Waals surface area contributed by atoms with Gasteiger partial charge in [-0.15, -0.1) is 0 Å². The summed E-state index contributed by atoms with van der Waals surface area (Å²) in [5.74, 6) is -2.16. The second-order valence-electron chi connectivity index (χ2n) is 8.39. The molecule has 37 heavy (non-hydrogen) atoms. The van der Waals surface area contributed by atoms with Crippen LogP contribution in [0.4, 0.5) is 44.1 Å². The van der Waals surface area contributed by atoms with E-state index in [0.29, 0.717) is 5.57 Å². The molecule has 0 aliphatic heterocycles. The van der Waals surface area contributed by atoms with E-state index in [1.807, 2.05) is 0 Å². The van der Waals surface area contributed by atoms with Crippen LogP contribution in [0.2, 0.25) is 0 Å². The van der Waals surface area contributed by atoms with Gasteiger partial charge in [-0.3, -0.25) is 4.90 Å². The van der Waals surface area contributed by atoms with Gasteiger partial charge < -0.3 is 16.2 Å². The zero-order valence-electron chi connectivity index (χ0n) is 19.6. The summed E-state index contributed by atoms with van der Waals surface area (Å²) in [4.78, 5) is 24.2. The van der Waals surface area contributed by atoms with Gasteiger partial charge in [0.1, 0.15) is 29.4 Å². The van der Waals surface area contributed by atoms with Gasteiger partial charge in [-0.05, 0) is 18.6 Å². The minimum absolute atomic E-state index is 0.0444. The van der Waals surface area contributed by atoms with Crippen LogP contribution in [-0.4, -0.2) is 56.3 Å². The number of aromatic nitrogens is 5. The van der Waals surface area contributed by atoms with Crippen LogP contribution >= 0.6 is 0 Å². The Morgan fingerprint density at radius 3 is 2.54 bits per heavy atom. The maximum absolute atomic E-state index is 15.0. The lowest BCUT2D eigenvalue weighted by Gasteiger charge is -2.25. The molecule has 3 heterocycles. The molecule has 0 bridgehead atoms. The number of halogens is 5. The number of amides is 1. The number of carbonyl (C=O) groups is 1. The Hall–Kier alpha value is -4.30. The second kappa shape index (κ2) is 9.29. The van der Waals surface area contributed by atoms with Gasteiger partial charge >= 0.3 is 12.3 Å². The maximum atomic E-state index is 15.0. The van der Waals surface area contributed by atoms with E-state index in [9.17, 15) is 22.4 Å². The molecule has 15 heteroatoms. The molecule has 0 fully saturated rings. The number of nitrogen functional groups attached to an aromatic ring is 2. The number of carbonyl (C=O) groups excluding carboxylic acids is 1. The van der Waals surface area contributed by atoms with Crippen molar-refractivity contribution < 1.29 is 31.5 Å². The summed E-state index contributed by atoms with van der Waals surface area (Å²) in [6, 6.07) is 1.10. The van der Waals surface area contributed by atoms with E-state index < -0.39 is 47.6 Å². The SMILES string of the molecule is COC(=O)N(CC(F)(F)F)c1c(N)nc(-c2nn(CC3=CC=CCC3(C)F)c3ncc(F)cc23)nc1N. The normalized spacial score (nSPS) is 17.6. The number of ether oxygens (including phenoxy) is 1. The van der Waals surface area contributed by atoms with Gasteiger partial charge in [-0.2, -0.15) is 18.3 Å². The Kier molecular flexibility index (Phi) is 6.48. The number of nitrogens with zero attached hydrogens (tertiary/aromatic N) is 6. The predicted molar refractivity (Wildman–Crippen MR) is 124 cm³/mol. The summed E-state index contributed by atoms with van der Waals surface area (Å²) in [6.45, 7) is -0.397. The smallest absolute Gasteiger partial charge is 0.414 e. The summed E-state index contributed by atoms with van der Waals surface area (Å²) in [6.07, 6.45) is -0.126. The Balaban J connectivity index is 1.83. The lowest BCUT2D eigenvalue weighted by molar-refractivity contribution is -0.119. The molecule has 0 saturated heterocycles. The molecule has 10 nitrogen and oxygen atoms in total. The minimum atomic E-state index is -4.82. The fourth-order valence-electron chi connectivity index (χ4n) is 3.86. The molecule has 1 atom stereocenters. The summed E-state index contributed by atoms with van der Waals surface area (Å²) in [7, 11) is 0.883. The first kappa shape index (κ1) is 25.8. The number of hydrogen-bond donors (Lipinski definition) is 2. The summed E-state index contributed by atoms with van der Waals surface area (Å²) >= 11 is 0. The molecule has 0 radical (unpaired) electrons. The van der Waals surface area contributed by atoms with Gasteiger partial charge in [0.15, 0.2) is 23.1 Å². The van der Waals surface area contributed by atoms with Gasteiger partial charge in [0.05, 0.1) is 25.2 Å². The summed E-state index contributed by atoms with van der Waals surface area (Å²) in [5, 5.41) is 4.49. The van der Waals surface area contributed by atoms with Crippen LogP contribution < -0.4 is 16.4 Å². The molecule has 0 saturated carbocycles. The van der Waals surface area contributed by atoms with E-state index in [1.165, 1.54) is 11.6 Å². The Bertz CT molecular complexity index is 1410. The third-order valence-electron chi connectivity index (χ3n) is 5.63. The Morgan fingerprint density at radius 2 is 1.95 bits per heavy atom. The van der Waals surface area contributed by atoms with Gasteiger partial charge in [0.2, 0.25) is 0 Å². The highest BCUT2D eigenvalue weighted by molar-refractivity contribution is 5.96. The van der Waals surface area contributed by atoms with Crippen molar-refractivity contribution in [1.29, 1.82) is 0 Å². The van der Waals surface area contributed by atoms with Crippen molar-refractivity contribution in [3.05, 3.63) is 41.9 Å². The van der Waals surface area contributed by atoms with Crippen LogP contribution in [0.1, 0.15) is 13.3 Å². The third kappa shape index (κ3) is 5.15. The number of nitrogens with two attached hydrogens (primary N) is 2. The van der Waals surface area contributed by atoms with Crippen LogP contribution in [0.25, 0.3) is 22.6 Å². The molecular formula is C22H21F5N8O2. The first-order valence-corrected chi connectivity index (χ1v) is 10.7. The highest BCUT2D eigenvalue weighted by atomic mass is 19.4. The van der Waals surface area contributed by atoms with Crippen molar-refractivity contribution in [3.63, 3.8) is 0 Å². The molecule has 3 aromatic rings. The van der Waals surface area contributed by atoms with Gasteiger partial charge in [-0.25, -0.2) is 33.2 Å². The van der Waals surface area contributed by atoms with E-state index in [4.69, 9.17) is 11.5 Å². The molecule has 196 valence electrons. The molecule has 3 aromatic heterocycles. The molecule has 4 N–H and O–H groups in total. The number of allylic oxidation sites excluding steroid dienone is 4. The van der Waals surface area contributed by atoms with Crippen molar-refractivity contribution in [2.45, 2.75) is 31.7 Å². The lowest BCUT2D eigenvalue weighted by Crippen LogP contribution is -2.40. The van der Waals surface area contributed by atoms with Gasteiger partial charge in [-0.1, -0.05) is 18.2 Å². The van der Waals surface area contributed by atoms with Crippen LogP contribution in [0.5, 0.6) is 0 Å². The van der Waals surface area contributed by atoms with E-state index in [1.54, 1.807) is 18.2 Å². The molecule has 4 rings (SSSR count). The number of hydrogen-bond acceptors (Lipinski definition) is 8. The van der Waals surface area contributed by atoms with Crippen LogP contribution in [0.15, 0.2) is 36.1 Å². The van der Waals surface area contributed by atoms with Crippen molar-refractivity contribution in [1.82, 2.24) is 24.7 Å². The quantitative estimate of drug-likeness (QED) is 0.479. The number of methoxy groups -OCH3 is 1. The fraction of sp³-hybridized carbons (Fsp3) is 0.318. The lowest BCUT2D eigenvalue weighted by atomic mass is 9.90. The zero-order chi connectivity index (χ0) is 27.1. The standard InChI is InChI=1S/C22H21F5N8O2/c1-21(24)6-4-3-5-11(21)9-35-19-13(7-12(23)8-30-19)14(33-35)18-31-16(28)15(17(29)32-18)34(20(36)37-2)10-22(25,26)27/h3-5,7-8H,6,9-10H2,1-2H3,(H4,28,29,31,32). The largest absolute Gasteiger partial charge is 0.452 e. The molecule has 1 unspecified atom stereocenters. The average Bonchev–Trinajstić information content (AvgIpc) is 3.15. The van der Waals surface area contributed by atoms with Crippen molar-refractivity contribution in [2.24, 2.45) is 0 Å². The van der Waals surface area contributed by atoms with Crippen molar-refractivity contribution in [2.75, 3.05) is 30.0 Å². The van der Waals surface area contributed by atoms with E-state index in [2.05, 4.69) is 24.8 Å². The number of rotatable bonds is 5. The first-order valence-electron chi connectivity index (χ1n) is 10.7. The van der Waals surface area contributed by atoms with E-state index in [-0.39, 0.29) is 40.4 Å². The molecule has 0 spiro atoms. The topological polar surface area (TPSA) is 138 Å². The number of alkyl halides is 4. The molecule has 1 aliphatic carbocycles. The Morgan fingerprint density at radius 1 is 1.27 bits per heavy atom. The number of anilines is 3. The molecule has 1 amide bonds. The number of fused-ring (bicyclic) bond motifs is 1. The second-order valence-corrected chi connectivity index (χ2v) is 8.39. The van der Waals surface area contributed by atoms with Crippen LogP contribution in [-0.2, 0) is 11.3 Å². The molecular weight excluding hydrogens is 503 g/mol.